The minimum Gasteiger partial charge on any atom is -0.469 e. The Morgan fingerprint density at radius 1 is 1.30 bits per heavy atom. The van der Waals surface area contributed by atoms with Crippen molar-refractivity contribution < 1.29 is 14.5 Å². The molecule has 4 aliphatic heterocycles. The summed E-state index contributed by atoms with van der Waals surface area (Å²) < 4.78 is 6.34. The summed E-state index contributed by atoms with van der Waals surface area (Å²) in [6.45, 7) is 3.19. The van der Waals surface area contributed by atoms with Crippen LogP contribution in [0.2, 0.25) is 0 Å². The van der Waals surface area contributed by atoms with E-state index in [1.807, 2.05) is 6.07 Å². The Morgan fingerprint density at radius 2 is 2.11 bits per heavy atom. The summed E-state index contributed by atoms with van der Waals surface area (Å²) in [5.41, 5.74) is 2.22. The third-order valence-corrected chi connectivity index (χ3v) is 6.20. The maximum atomic E-state index is 11.4. The van der Waals surface area contributed by atoms with Crippen molar-refractivity contribution in [2.75, 3.05) is 19.6 Å². The Hall–Kier alpha value is -2.80. The fourth-order valence-corrected chi connectivity index (χ4v) is 4.87. The number of aldehydes is 1. The first-order chi connectivity index (χ1) is 13.1. The standard InChI is InChI=1S/C20H19N3O4/c24-11-13-1-2-18(23(25)26)17(7-13)15-8-14-9-20(27-19(14)21-10-15)12-22-5-3-16(20)4-6-22/h1-2,7-8,10-11,16H,3-6,9,12H2/t20-/m0/s1. The zero-order valence-electron chi connectivity index (χ0n) is 14.8. The van der Waals surface area contributed by atoms with Crippen molar-refractivity contribution in [3.05, 3.63) is 51.7 Å². The second kappa shape index (κ2) is 5.85. The topological polar surface area (TPSA) is 85.6 Å². The van der Waals surface area contributed by atoms with E-state index in [0.29, 0.717) is 34.8 Å². The van der Waals surface area contributed by atoms with Crippen molar-refractivity contribution in [3.63, 3.8) is 0 Å². The van der Waals surface area contributed by atoms with Crippen LogP contribution in [0.1, 0.15) is 28.8 Å². The van der Waals surface area contributed by atoms with Gasteiger partial charge in [0.15, 0.2) is 0 Å². The maximum Gasteiger partial charge on any atom is 0.277 e. The lowest BCUT2D eigenvalue weighted by Crippen LogP contribution is -2.61. The first-order valence-corrected chi connectivity index (χ1v) is 9.22. The number of hydrogen-bond donors (Lipinski definition) is 0. The molecule has 1 aromatic heterocycles. The van der Waals surface area contributed by atoms with Gasteiger partial charge in [-0.05, 0) is 44.1 Å². The smallest absolute Gasteiger partial charge is 0.277 e. The zero-order chi connectivity index (χ0) is 18.6. The average Bonchev–Trinajstić information content (AvgIpc) is 3.04. The first kappa shape index (κ1) is 16.4. The maximum absolute atomic E-state index is 11.4. The summed E-state index contributed by atoms with van der Waals surface area (Å²) in [5, 5.41) is 11.4. The van der Waals surface area contributed by atoms with Crippen LogP contribution in [0.3, 0.4) is 0 Å². The van der Waals surface area contributed by atoms with Gasteiger partial charge >= 0.3 is 0 Å². The highest BCUT2D eigenvalue weighted by Gasteiger charge is 2.52. The lowest BCUT2D eigenvalue weighted by Gasteiger charge is -2.50. The van der Waals surface area contributed by atoms with Gasteiger partial charge in [0.1, 0.15) is 11.9 Å². The molecule has 0 saturated carbocycles. The summed E-state index contributed by atoms with van der Waals surface area (Å²) in [6, 6.07) is 6.32. The van der Waals surface area contributed by atoms with Crippen LogP contribution in [0.5, 0.6) is 5.88 Å². The van der Waals surface area contributed by atoms with Crippen LogP contribution in [-0.4, -0.2) is 46.3 Å². The molecule has 0 radical (unpaired) electrons. The number of hydrogen-bond acceptors (Lipinski definition) is 6. The van der Waals surface area contributed by atoms with E-state index in [4.69, 9.17) is 4.74 Å². The quantitative estimate of drug-likeness (QED) is 0.472. The highest BCUT2D eigenvalue weighted by atomic mass is 16.6. The van der Waals surface area contributed by atoms with Crippen molar-refractivity contribution in [3.8, 4) is 17.0 Å². The molecule has 2 aromatic rings. The summed E-state index contributed by atoms with van der Waals surface area (Å²) in [6.07, 6.45) is 5.38. The van der Waals surface area contributed by atoms with E-state index in [-0.39, 0.29) is 11.3 Å². The predicted octanol–water partition coefficient (Wildman–Crippen LogP) is 2.87. The van der Waals surface area contributed by atoms with Crippen LogP contribution >= 0.6 is 0 Å². The molecule has 1 atom stereocenters. The van der Waals surface area contributed by atoms with E-state index in [2.05, 4.69) is 9.88 Å². The van der Waals surface area contributed by atoms with Crippen LogP contribution in [0.15, 0.2) is 30.5 Å². The number of carbonyl (C=O) groups excluding carboxylic acids is 1. The number of piperidine rings is 3. The molecular formula is C20H19N3O4. The van der Waals surface area contributed by atoms with Crippen molar-refractivity contribution in [2.24, 2.45) is 5.92 Å². The SMILES string of the molecule is O=Cc1ccc([N+](=O)[O-])c(-c2cnc3c(c2)C[C@@]2(CN4CCC2CC4)O3)c1. The Labute approximate surface area is 156 Å². The lowest BCUT2D eigenvalue weighted by atomic mass is 9.73. The molecule has 1 spiro atoms. The number of nitrogens with zero attached hydrogens (tertiary/aromatic N) is 3. The number of nitro benzene ring substituents is 1. The van der Waals surface area contributed by atoms with Crippen molar-refractivity contribution in [1.82, 2.24) is 9.88 Å². The highest BCUT2D eigenvalue weighted by Crippen LogP contribution is 2.47. The molecule has 0 amide bonds. The lowest BCUT2D eigenvalue weighted by molar-refractivity contribution is -0.384. The summed E-state index contributed by atoms with van der Waals surface area (Å²) in [7, 11) is 0. The van der Waals surface area contributed by atoms with E-state index in [1.165, 1.54) is 12.1 Å². The number of rotatable bonds is 3. The largest absolute Gasteiger partial charge is 0.469 e. The van der Waals surface area contributed by atoms with Crippen LogP contribution in [0.25, 0.3) is 11.1 Å². The van der Waals surface area contributed by atoms with Gasteiger partial charge in [-0.1, -0.05) is 0 Å². The van der Waals surface area contributed by atoms with E-state index in [1.54, 1.807) is 12.3 Å². The van der Waals surface area contributed by atoms with Gasteiger partial charge in [0.25, 0.3) is 5.69 Å². The molecule has 7 heteroatoms. The fourth-order valence-electron chi connectivity index (χ4n) is 4.87. The van der Waals surface area contributed by atoms with E-state index in [9.17, 15) is 14.9 Å². The molecule has 5 heterocycles. The van der Waals surface area contributed by atoms with Gasteiger partial charge in [0.2, 0.25) is 5.88 Å². The first-order valence-electron chi connectivity index (χ1n) is 9.22. The molecule has 0 unspecified atom stereocenters. The van der Waals surface area contributed by atoms with Gasteiger partial charge in [0.05, 0.1) is 10.5 Å². The van der Waals surface area contributed by atoms with Crippen molar-refractivity contribution in [2.45, 2.75) is 24.9 Å². The number of nitro groups is 1. The molecule has 3 saturated heterocycles. The zero-order valence-corrected chi connectivity index (χ0v) is 14.8. The third kappa shape index (κ3) is 2.53. The molecule has 27 heavy (non-hydrogen) atoms. The van der Waals surface area contributed by atoms with Gasteiger partial charge in [-0.2, -0.15) is 0 Å². The van der Waals surface area contributed by atoms with E-state index in [0.717, 1.165) is 44.5 Å². The summed E-state index contributed by atoms with van der Waals surface area (Å²) >= 11 is 0. The molecule has 0 N–H and O–H groups in total. The Morgan fingerprint density at radius 3 is 2.78 bits per heavy atom. The van der Waals surface area contributed by atoms with Crippen LogP contribution in [-0.2, 0) is 6.42 Å². The Balaban J connectivity index is 1.54. The Bertz CT molecular complexity index is 952. The molecular weight excluding hydrogens is 346 g/mol. The molecule has 3 fully saturated rings. The van der Waals surface area contributed by atoms with E-state index < -0.39 is 4.92 Å². The number of fused-ring (bicyclic) bond motifs is 3. The molecule has 0 aliphatic carbocycles. The normalized spacial score (nSPS) is 28.0. The molecule has 4 aliphatic rings. The highest BCUT2D eigenvalue weighted by molar-refractivity contribution is 5.83. The average molecular weight is 365 g/mol. The van der Waals surface area contributed by atoms with Crippen molar-refractivity contribution >= 4 is 12.0 Å². The van der Waals surface area contributed by atoms with Gasteiger partial charge in [-0.3, -0.25) is 19.8 Å². The van der Waals surface area contributed by atoms with Gasteiger partial charge in [-0.25, -0.2) is 4.98 Å². The number of pyridine rings is 1. The fraction of sp³-hybridized carbons (Fsp3) is 0.400. The van der Waals surface area contributed by atoms with Gasteiger partial charge in [-0.15, -0.1) is 0 Å². The van der Waals surface area contributed by atoms with E-state index >= 15 is 0 Å². The second-order valence-electron chi connectivity index (χ2n) is 7.73. The Kier molecular flexibility index (Phi) is 3.55. The van der Waals surface area contributed by atoms with Gasteiger partial charge < -0.3 is 4.74 Å². The molecule has 2 bridgehead atoms. The van der Waals surface area contributed by atoms with Gasteiger partial charge in [0, 0.05) is 47.8 Å². The monoisotopic (exact) mass is 365 g/mol. The summed E-state index contributed by atoms with van der Waals surface area (Å²) in [4.78, 5) is 29.0. The molecule has 6 rings (SSSR count). The minimum atomic E-state index is -0.428. The number of carbonyl (C=O) groups is 1. The van der Waals surface area contributed by atoms with Crippen molar-refractivity contribution in [1.29, 1.82) is 0 Å². The second-order valence-corrected chi connectivity index (χ2v) is 7.73. The minimum absolute atomic E-state index is 0.0289. The van der Waals surface area contributed by atoms with Crippen LogP contribution < -0.4 is 4.74 Å². The molecule has 138 valence electrons. The number of aromatic nitrogens is 1. The van der Waals surface area contributed by atoms with Crippen LogP contribution in [0.4, 0.5) is 5.69 Å². The number of benzene rings is 1. The number of ether oxygens (including phenoxy) is 1. The molecule has 1 aromatic carbocycles. The predicted molar refractivity (Wildman–Crippen MR) is 97.9 cm³/mol. The summed E-state index contributed by atoms with van der Waals surface area (Å²) in [5.74, 6) is 1.18. The molecule has 7 nitrogen and oxygen atoms in total. The third-order valence-electron chi connectivity index (χ3n) is 6.20. The van der Waals surface area contributed by atoms with Crippen LogP contribution in [0, 0.1) is 16.0 Å².